The Morgan fingerprint density at radius 2 is 2.21 bits per heavy atom. The molecule has 2 heterocycles. The van der Waals surface area contributed by atoms with Crippen molar-refractivity contribution >= 4 is 17.2 Å². The van der Waals surface area contributed by atoms with Gasteiger partial charge in [-0.1, -0.05) is 0 Å². The number of likely N-dealkylation sites (tertiary alicyclic amines) is 1. The molecule has 1 aliphatic rings. The van der Waals surface area contributed by atoms with Gasteiger partial charge in [-0.25, -0.2) is 4.98 Å². The molecule has 1 aliphatic heterocycles. The van der Waals surface area contributed by atoms with E-state index in [1.807, 2.05) is 29.2 Å². The minimum atomic E-state index is -0.389. The second kappa shape index (κ2) is 7.32. The summed E-state index contributed by atoms with van der Waals surface area (Å²) in [5.74, 6) is 0.819. The molecule has 24 heavy (non-hydrogen) atoms. The minimum Gasteiger partial charge on any atom is -0.497 e. The molecule has 128 valence electrons. The van der Waals surface area contributed by atoms with Crippen molar-refractivity contribution in [2.45, 2.75) is 38.3 Å². The third-order valence-electron chi connectivity index (χ3n) is 4.30. The van der Waals surface area contributed by atoms with Crippen LogP contribution >= 0.6 is 11.3 Å². The maximum absolute atomic E-state index is 12.8. The Hall–Kier alpha value is -1.92. The molecule has 1 aromatic heterocycles. The van der Waals surface area contributed by atoms with Crippen LogP contribution in [0.3, 0.4) is 0 Å². The number of nitrogens with zero attached hydrogens (tertiary/aromatic N) is 2. The molecule has 2 unspecified atom stereocenters. The van der Waals surface area contributed by atoms with Crippen LogP contribution in [0.25, 0.3) is 10.6 Å². The molecule has 0 spiro atoms. The normalized spacial score (nSPS) is 18.6. The van der Waals surface area contributed by atoms with Crippen LogP contribution in [-0.2, 0) is 0 Å². The fourth-order valence-electron chi connectivity index (χ4n) is 3.12. The molecule has 1 N–H and O–H groups in total. The van der Waals surface area contributed by atoms with E-state index in [4.69, 9.17) is 4.74 Å². The maximum Gasteiger partial charge on any atom is 0.265 e. The Kier molecular flexibility index (Phi) is 5.16. The van der Waals surface area contributed by atoms with E-state index >= 15 is 0 Å². The molecule has 3 rings (SSSR count). The molecular formula is C18H22N2O3S. The van der Waals surface area contributed by atoms with E-state index in [-0.39, 0.29) is 18.1 Å². The third-order valence-corrected chi connectivity index (χ3v) is 5.34. The summed E-state index contributed by atoms with van der Waals surface area (Å²) in [6, 6.07) is 7.79. The first-order chi connectivity index (χ1) is 11.6. The Bertz CT molecular complexity index is 697. The van der Waals surface area contributed by atoms with Crippen molar-refractivity contribution in [1.29, 1.82) is 0 Å². The number of amides is 1. The smallest absolute Gasteiger partial charge is 0.265 e. The topological polar surface area (TPSA) is 62.7 Å². The zero-order valence-corrected chi connectivity index (χ0v) is 14.8. The number of aliphatic hydroxyl groups excluding tert-OH is 1. The standard InChI is InChI=1S/C18H22N2O3S/c1-12(21)10-14-4-3-9-20(14)18(22)16-11-19-17(24-16)13-5-7-15(23-2)8-6-13/h5-8,11-12,14,21H,3-4,9-10H2,1-2H3. The number of aromatic nitrogens is 1. The second-order valence-corrected chi connectivity index (χ2v) is 7.17. The number of carbonyl (C=O) groups excluding carboxylic acids is 1. The van der Waals surface area contributed by atoms with E-state index in [0.717, 1.165) is 35.7 Å². The van der Waals surface area contributed by atoms with Crippen LogP contribution in [0.1, 0.15) is 35.9 Å². The van der Waals surface area contributed by atoms with Crippen LogP contribution in [-0.4, -0.2) is 46.7 Å². The predicted molar refractivity (Wildman–Crippen MR) is 94.5 cm³/mol. The summed E-state index contributed by atoms with van der Waals surface area (Å²) in [5.41, 5.74) is 0.974. The highest BCUT2D eigenvalue weighted by atomic mass is 32.1. The largest absolute Gasteiger partial charge is 0.497 e. The highest BCUT2D eigenvalue weighted by Crippen LogP contribution is 2.30. The maximum atomic E-state index is 12.8. The predicted octanol–water partition coefficient (Wildman–Crippen LogP) is 3.19. The Balaban J connectivity index is 1.75. The number of carbonyl (C=O) groups is 1. The minimum absolute atomic E-state index is 0.0235. The molecule has 0 aliphatic carbocycles. The Morgan fingerprint density at radius 3 is 2.88 bits per heavy atom. The fraction of sp³-hybridized carbons (Fsp3) is 0.444. The van der Waals surface area contributed by atoms with Gasteiger partial charge in [0.25, 0.3) is 5.91 Å². The van der Waals surface area contributed by atoms with Gasteiger partial charge in [0.1, 0.15) is 15.6 Å². The SMILES string of the molecule is COc1ccc(-c2ncc(C(=O)N3CCCC3CC(C)O)s2)cc1. The molecule has 5 nitrogen and oxygen atoms in total. The van der Waals surface area contributed by atoms with E-state index in [1.54, 1.807) is 20.2 Å². The monoisotopic (exact) mass is 346 g/mol. The van der Waals surface area contributed by atoms with Crippen LogP contribution in [0.15, 0.2) is 30.5 Å². The molecular weight excluding hydrogens is 324 g/mol. The van der Waals surface area contributed by atoms with Crippen LogP contribution in [0.5, 0.6) is 5.75 Å². The summed E-state index contributed by atoms with van der Waals surface area (Å²) < 4.78 is 5.16. The number of hydrogen-bond acceptors (Lipinski definition) is 5. The van der Waals surface area contributed by atoms with Gasteiger partial charge in [0, 0.05) is 18.2 Å². The van der Waals surface area contributed by atoms with Gasteiger partial charge < -0.3 is 14.7 Å². The number of ether oxygens (including phenoxy) is 1. The van der Waals surface area contributed by atoms with Gasteiger partial charge in [0.05, 0.1) is 19.4 Å². The average Bonchev–Trinajstić information content (AvgIpc) is 3.23. The van der Waals surface area contributed by atoms with Gasteiger partial charge in [-0.3, -0.25) is 4.79 Å². The van der Waals surface area contributed by atoms with Gasteiger partial charge in [0.15, 0.2) is 0 Å². The van der Waals surface area contributed by atoms with Gasteiger partial charge >= 0.3 is 0 Å². The third kappa shape index (κ3) is 3.60. The summed E-state index contributed by atoms with van der Waals surface area (Å²) in [4.78, 5) is 19.7. The number of benzene rings is 1. The highest BCUT2D eigenvalue weighted by Gasteiger charge is 2.31. The number of hydrogen-bond donors (Lipinski definition) is 1. The van der Waals surface area contributed by atoms with E-state index in [2.05, 4.69) is 4.98 Å². The molecule has 2 atom stereocenters. The van der Waals surface area contributed by atoms with Crippen molar-refractivity contribution in [1.82, 2.24) is 9.88 Å². The Labute approximate surface area is 145 Å². The molecule has 0 bridgehead atoms. The van der Waals surface area contributed by atoms with E-state index in [9.17, 15) is 9.90 Å². The second-order valence-electron chi connectivity index (χ2n) is 6.14. The molecule has 0 radical (unpaired) electrons. The fourth-order valence-corrected chi connectivity index (χ4v) is 4.00. The summed E-state index contributed by atoms with van der Waals surface area (Å²) in [6.45, 7) is 2.53. The van der Waals surface area contributed by atoms with Crippen LogP contribution in [0.4, 0.5) is 0 Å². The van der Waals surface area contributed by atoms with Gasteiger partial charge in [-0.05, 0) is 50.5 Å². The summed E-state index contributed by atoms with van der Waals surface area (Å²) in [6.07, 6.45) is 3.86. The zero-order chi connectivity index (χ0) is 17.1. The van der Waals surface area contributed by atoms with Gasteiger partial charge in [-0.2, -0.15) is 0 Å². The number of rotatable bonds is 5. The van der Waals surface area contributed by atoms with E-state index in [0.29, 0.717) is 11.3 Å². The van der Waals surface area contributed by atoms with Crippen molar-refractivity contribution in [2.24, 2.45) is 0 Å². The lowest BCUT2D eigenvalue weighted by Crippen LogP contribution is -2.36. The first kappa shape index (κ1) is 16.9. The van der Waals surface area contributed by atoms with Gasteiger partial charge in [0.2, 0.25) is 0 Å². The first-order valence-corrected chi connectivity index (χ1v) is 8.99. The van der Waals surface area contributed by atoms with Crippen LogP contribution in [0.2, 0.25) is 0 Å². The van der Waals surface area contributed by atoms with Crippen LogP contribution in [0, 0.1) is 0 Å². The Morgan fingerprint density at radius 1 is 1.46 bits per heavy atom. The van der Waals surface area contributed by atoms with Crippen molar-refractivity contribution in [2.75, 3.05) is 13.7 Å². The van der Waals surface area contributed by atoms with Crippen LogP contribution < -0.4 is 4.74 Å². The molecule has 0 saturated carbocycles. The highest BCUT2D eigenvalue weighted by molar-refractivity contribution is 7.16. The first-order valence-electron chi connectivity index (χ1n) is 8.17. The van der Waals surface area contributed by atoms with E-state index < -0.39 is 0 Å². The molecule has 6 heteroatoms. The molecule has 1 amide bonds. The van der Waals surface area contributed by atoms with Crippen molar-refractivity contribution in [3.8, 4) is 16.3 Å². The van der Waals surface area contributed by atoms with Gasteiger partial charge in [-0.15, -0.1) is 11.3 Å². The summed E-state index contributed by atoms with van der Waals surface area (Å²) in [5, 5.41) is 10.4. The molecule has 1 saturated heterocycles. The number of methoxy groups -OCH3 is 1. The zero-order valence-electron chi connectivity index (χ0n) is 13.9. The lowest BCUT2D eigenvalue weighted by atomic mass is 10.1. The lowest BCUT2D eigenvalue weighted by Gasteiger charge is -2.25. The summed E-state index contributed by atoms with van der Waals surface area (Å²) >= 11 is 1.41. The number of aliphatic hydroxyl groups is 1. The number of thiazole rings is 1. The van der Waals surface area contributed by atoms with Crippen molar-refractivity contribution in [3.63, 3.8) is 0 Å². The average molecular weight is 346 g/mol. The molecule has 1 aromatic carbocycles. The quantitative estimate of drug-likeness (QED) is 0.903. The van der Waals surface area contributed by atoms with E-state index in [1.165, 1.54) is 11.3 Å². The van der Waals surface area contributed by atoms with Crippen molar-refractivity contribution < 1.29 is 14.6 Å². The molecule has 2 aromatic rings. The summed E-state index contributed by atoms with van der Waals surface area (Å²) in [7, 11) is 1.63. The lowest BCUT2D eigenvalue weighted by molar-refractivity contribution is 0.0686. The molecule has 1 fully saturated rings. The van der Waals surface area contributed by atoms with Crippen molar-refractivity contribution in [3.05, 3.63) is 35.3 Å².